The second kappa shape index (κ2) is 8.73. The number of benzene rings is 1. The van der Waals surface area contributed by atoms with Crippen molar-refractivity contribution in [1.82, 2.24) is 5.32 Å². The Bertz CT molecular complexity index is 468. The molecule has 110 valence electrons. The summed E-state index contributed by atoms with van der Waals surface area (Å²) in [6.07, 6.45) is 8.02. The molecule has 0 aliphatic carbocycles. The van der Waals surface area contributed by atoms with Gasteiger partial charge in [-0.15, -0.1) is 12.3 Å². The molecule has 3 nitrogen and oxygen atoms in total. The molecule has 1 aromatic rings. The summed E-state index contributed by atoms with van der Waals surface area (Å²) in [6, 6.07) is 4.10. The van der Waals surface area contributed by atoms with Gasteiger partial charge in [0.25, 0.3) is 0 Å². The zero-order valence-electron chi connectivity index (χ0n) is 12.3. The molecule has 0 fully saturated rings. The molecule has 20 heavy (non-hydrogen) atoms. The first-order valence-electron chi connectivity index (χ1n) is 6.76. The second-order valence-corrected chi connectivity index (χ2v) is 4.85. The lowest BCUT2D eigenvalue weighted by atomic mass is 10.0. The summed E-state index contributed by atoms with van der Waals surface area (Å²) in [5.41, 5.74) is 1.09. The molecule has 0 saturated carbocycles. The first-order chi connectivity index (χ1) is 9.67. The van der Waals surface area contributed by atoms with Crippen LogP contribution in [0.5, 0.6) is 11.5 Å². The van der Waals surface area contributed by atoms with Crippen molar-refractivity contribution in [2.45, 2.75) is 32.2 Å². The third kappa shape index (κ3) is 4.33. The summed E-state index contributed by atoms with van der Waals surface area (Å²) in [4.78, 5) is 0. The maximum atomic E-state index is 6.25. The zero-order valence-corrected chi connectivity index (χ0v) is 13.1. The van der Waals surface area contributed by atoms with Crippen LogP contribution in [0.2, 0.25) is 5.02 Å². The maximum Gasteiger partial charge on any atom is 0.179 e. The Hall–Kier alpha value is -1.37. The van der Waals surface area contributed by atoms with Gasteiger partial charge in [0.15, 0.2) is 11.5 Å². The normalized spacial score (nSPS) is 11.8. The summed E-state index contributed by atoms with van der Waals surface area (Å²) >= 11 is 6.25. The number of terminal acetylenes is 1. The Kier molecular flexibility index (Phi) is 7.28. The molecule has 0 saturated heterocycles. The lowest BCUT2D eigenvalue weighted by molar-refractivity contribution is 0.353. The van der Waals surface area contributed by atoms with Crippen LogP contribution in [0.1, 0.15) is 37.8 Å². The fourth-order valence-corrected chi connectivity index (χ4v) is 2.48. The van der Waals surface area contributed by atoms with Crippen molar-refractivity contribution in [1.29, 1.82) is 0 Å². The molecule has 4 heteroatoms. The first-order valence-corrected chi connectivity index (χ1v) is 7.13. The van der Waals surface area contributed by atoms with Crippen LogP contribution in [-0.4, -0.2) is 20.8 Å². The Balaban J connectivity index is 3.01. The van der Waals surface area contributed by atoms with E-state index in [0.29, 0.717) is 16.5 Å². The highest BCUT2D eigenvalue weighted by Gasteiger charge is 2.16. The minimum Gasteiger partial charge on any atom is -0.493 e. The van der Waals surface area contributed by atoms with E-state index in [2.05, 4.69) is 18.2 Å². The van der Waals surface area contributed by atoms with Crippen molar-refractivity contribution in [3.63, 3.8) is 0 Å². The number of ether oxygens (including phenoxy) is 2. The standard InChI is InChI=1S/C16H22ClNO2/c1-5-7-8-9-14(18-6-2)12-10-13(17)16(20-4)15(11-12)19-3/h1,10-11,14,18H,6-9H2,2-4H3. The van der Waals surface area contributed by atoms with E-state index in [9.17, 15) is 0 Å². The lowest BCUT2D eigenvalue weighted by Crippen LogP contribution is -2.21. The molecule has 0 radical (unpaired) electrons. The van der Waals surface area contributed by atoms with Gasteiger partial charge in [-0.1, -0.05) is 18.5 Å². The van der Waals surface area contributed by atoms with Crippen molar-refractivity contribution in [2.24, 2.45) is 0 Å². The summed E-state index contributed by atoms with van der Waals surface area (Å²) < 4.78 is 10.6. The first kappa shape index (κ1) is 16.7. The van der Waals surface area contributed by atoms with E-state index >= 15 is 0 Å². The molecule has 0 aliphatic heterocycles. The molecule has 1 unspecified atom stereocenters. The van der Waals surface area contributed by atoms with Crippen molar-refractivity contribution >= 4 is 11.6 Å². The highest BCUT2D eigenvalue weighted by atomic mass is 35.5. The number of methoxy groups -OCH3 is 2. The van der Waals surface area contributed by atoms with Crippen LogP contribution in [0, 0.1) is 12.3 Å². The largest absolute Gasteiger partial charge is 0.493 e. The predicted octanol–water partition coefficient (Wildman–Crippen LogP) is 3.81. The Morgan fingerprint density at radius 1 is 1.35 bits per heavy atom. The van der Waals surface area contributed by atoms with Crippen LogP contribution < -0.4 is 14.8 Å². The molecule has 0 spiro atoms. The molecule has 1 rings (SSSR count). The summed E-state index contributed by atoms with van der Waals surface area (Å²) in [7, 11) is 3.19. The Labute approximate surface area is 126 Å². The zero-order chi connectivity index (χ0) is 15.0. The van der Waals surface area contributed by atoms with Crippen LogP contribution in [-0.2, 0) is 0 Å². The molecular formula is C16H22ClNO2. The van der Waals surface area contributed by atoms with Gasteiger partial charge >= 0.3 is 0 Å². The predicted molar refractivity (Wildman–Crippen MR) is 83.7 cm³/mol. The highest BCUT2D eigenvalue weighted by Crippen LogP contribution is 2.38. The van der Waals surface area contributed by atoms with Crippen LogP contribution in [0.15, 0.2) is 12.1 Å². The van der Waals surface area contributed by atoms with Crippen molar-refractivity contribution < 1.29 is 9.47 Å². The van der Waals surface area contributed by atoms with Crippen LogP contribution in [0.25, 0.3) is 0 Å². The van der Waals surface area contributed by atoms with Crippen LogP contribution in [0.4, 0.5) is 0 Å². The fourth-order valence-electron chi connectivity index (χ4n) is 2.18. The quantitative estimate of drug-likeness (QED) is 0.584. The van der Waals surface area contributed by atoms with Gasteiger partial charge in [-0.3, -0.25) is 0 Å². The topological polar surface area (TPSA) is 30.5 Å². The molecular weight excluding hydrogens is 274 g/mol. The SMILES string of the molecule is C#CCCCC(NCC)c1cc(Cl)c(OC)c(OC)c1. The van der Waals surface area contributed by atoms with E-state index < -0.39 is 0 Å². The van der Waals surface area contributed by atoms with Crippen molar-refractivity contribution in [2.75, 3.05) is 20.8 Å². The average Bonchev–Trinajstić information content (AvgIpc) is 2.45. The highest BCUT2D eigenvalue weighted by molar-refractivity contribution is 6.32. The van der Waals surface area contributed by atoms with Gasteiger partial charge in [0, 0.05) is 12.5 Å². The van der Waals surface area contributed by atoms with Gasteiger partial charge < -0.3 is 14.8 Å². The minimum atomic E-state index is 0.214. The van der Waals surface area contributed by atoms with E-state index in [-0.39, 0.29) is 6.04 Å². The Morgan fingerprint density at radius 2 is 2.10 bits per heavy atom. The smallest absolute Gasteiger partial charge is 0.179 e. The van der Waals surface area contributed by atoms with E-state index in [4.69, 9.17) is 27.5 Å². The second-order valence-electron chi connectivity index (χ2n) is 4.44. The number of halogens is 1. The van der Waals surface area contributed by atoms with E-state index in [1.807, 2.05) is 12.1 Å². The number of rotatable bonds is 8. The molecule has 0 bridgehead atoms. The van der Waals surface area contributed by atoms with Crippen LogP contribution >= 0.6 is 11.6 Å². The monoisotopic (exact) mass is 295 g/mol. The molecule has 1 N–H and O–H groups in total. The molecule has 0 aliphatic rings. The molecule has 0 aromatic heterocycles. The van der Waals surface area contributed by atoms with Gasteiger partial charge in [-0.25, -0.2) is 0 Å². The molecule has 0 amide bonds. The number of unbranched alkanes of at least 4 members (excludes halogenated alkanes) is 1. The van der Waals surface area contributed by atoms with Gasteiger partial charge in [-0.2, -0.15) is 0 Å². The van der Waals surface area contributed by atoms with Crippen molar-refractivity contribution in [3.8, 4) is 23.8 Å². The average molecular weight is 296 g/mol. The van der Waals surface area contributed by atoms with Crippen molar-refractivity contribution in [3.05, 3.63) is 22.7 Å². The van der Waals surface area contributed by atoms with E-state index in [0.717, 1.165) is 31.4 Å². The van der Waals surface area contributed by atoms with E-state index in [1.54, 1.807) is 14.2 Å². The molecule has 1 atom stereocenters. The maximum absolute atomic E-state index is 6.25. The third-order valence-corrected chi connectivity index (χ3v) is 3.40. The molecule has 1 aromatic carbocycles. The summed E-state index contributed by atoms with van der Waals surface area (Å²) in [6.45, 7) is 2.96. The van der Waals surface area contributed by atoms with Gasteiger partial charge in [0.2, 0.25) is 0 Å². The minimum absolute atomic E-state index is 0.214. The number of nitrogens with one attached hydrogen (secondary N) is 1. The summed E-state index contributed by atoms with van der Waals surface area (Å²) in [5.74, 6) is 3.88. The van der Waals surface area contributed by atoms with Gasteiger partial charge in [0.05, 0.1) is 19.2 Å². The third-order valence-electron chi connectivity index (χ3n) is 3.12. The number of hydrogen-bond acceptors (Lipinski definition) is 3. The Morgan fingerprint density at radius 3 is 2.65 bits per heavy atom. The van der Waals surface area contributed by atoms with Gasteiger partial charge in [-0.05, 0) is 37.1 Å². The number of hydrogen-bond donors (Lipinski definition) is 1. The molecule has 0 heterocycles. The van der Waals surface area contributed by atoms with Crippen LogP contribution in [0.3, 0.4) is 0 Å². The van der Waals surface area contributed by atoms with Gasteiger partial charge in [0.1, 0.15) is 0 Å². The fraction of sp³-hybridized carbons (Fsp3) is 0.500. The summed E-state index contributed by atoms with van der Waals surface area (Å²) in [5, 5.41) is 4.01. The van der Waals surface area contributed by atoms with E-state index in [1.165, 1.54) is 0 Å². The lowest BCUT2D eigenvalue weighted by Gasteiger charge is -2.20.